The van der Waals surface area contributed by atoms with E-state index in [-0.39, 0.29) is 11.3 Å². The van der Waals surface area contributed by atoms with Crippen LogP contribution in [0.4, 0.5) is 0 Å². The van der Waals surface area contributed by atoms with Crippen molar-refractivity contribution < 1.29 is 4.79 Å². The molecule has 1 aliphatic rings. The van der Waals surface area contributed by atoms with Gasteiger partial charge in [-0.25, -0.2) is 0 Å². The smallest absolute Gasteiger partial charge is 0.239 e. The zero-order valence-corrected chi connectivity index (χ0v) is 11.5. The summed E-state index contributed by atoms with van der Waals surface area (Å²) in [6.45, 7) is 6.27. The van der Waals surface area contributed by atoms with E-state index < -0.39 is 6.04 Å². The van der Waals surface area contributed by atoms with Crippen LogP contribution in [-0.4, -0.2) is 21.7 Å². The van der Waals surface area contributed by atoms with Gasteiger partial charge in [-0.15, -0.1) is 0 Å². The monoisotopic (exact) mass is 250 g/mol. The Labute approximate surface area is 108 Å². The molecule has 1 atom stereocenters. The van der Waals surface area contributed by atoms with Crippen LogP contribution in [0.15, 0.2) is 6.20 Å². The Bertz CT molecular complexity index is 454. The highest BCUT2D eigenvalue weighted by atomic mass is 16.1. The SMILES string of the molecule is Cn1cc(C(NC2CC2)C(N)=O)c(C(C)(C)C)n1. The number of rotatable bonds is 4. The van der Waals surface area contributed by atoms with Gasteiger partial charge in [0.05, 0.1) is 5.69 Å². The van der Waals surface area contributed by atoms with Crippen LogP contribution in [0.25, 0.3) is 0 Å². The summed E-state index contributed by atoms with van der Waals surface area (Å²) >= 11 is 0. The lowest BCUT2D eigenvalue weighted by Crippen LogP contribution is -2.36. The van der Waals surface area contributed by atoms with E-state index in [1.54, 1.807) is 4.68 Å². The Hall–Kier alpha value is -1.36. The third-order valence-corrected chi connectivity index (χ3v) is 3.14. The number of nitrogens with zero attached hydrogens (tertiary/aromatic N) is 2. The maximum absolute atomic E-state index is 11.7. The number of carbonyl (C=O) groups is 1. The number of aromatic nitrogens is 2. The summed E-state index contributed by atoms with van der Waals surface area (Å²) in [5.74, 6) is -0.333. The second-order valence-electron chi connectivity index (χ2n) is 6.13. The molecule has 1 saturated carbocycles. The second-order valence-corrected chi connectivity index (χ2v) is 6.13. The molecule has 0 spiro atoms. The molecule has 0 radical (unpaired) electrons. The summed E-state index contributed by atoms with van der Waals surface area (Å²) < 4.78 is 1.75. The number of nitrogens with one attached hydrogen (secondary N) is 1. The van der Waals surface area contributed by atoms with Crippen molar-refractivity contribution in [1.29, 1.82) is 0 Å². The number of nitrogens with two attached hydrogens (primary N) is 1. The molecule has 1 amide bonds. The molecule has 1 unspecified atom stereocenters. The third-order valence-electron chi connectivity index (χ3n) is 3.14. The van der Waals surface area contributed by atoms with Gasteiger partial charge >= 0.3 is 0 Å². The zero-order valence-electron chi connectivity index (χ0n) is 11.5. The van der Waals surface area contributed by atoms with E-state index in [0.29, 0.717) is 6.04 Å². The van der Waals surface area contributed by atoms with Crippen molar-refractivity contribution >= 4 is 5.91 Å². The van der Waals surface area contributed by atoms with Crippen molar-refractivity contribution in [1.82, 2.24) is 15.1 Å². The molecule has 0 aromatic carbocycles. The molecule has 18 heavy (non-hydrogen) atoms. The van der Waals surface area contributed by atoms with E-state index in [4.69, 9.17) is 5.73 Å². The number of carbonyl (C=O) groups excluding carboxylic acids is 1. The van der Waals surface area contributed by atoms with Crippen molar-refractivity contribution in [3.63, 3.8) is 0 Å². The van der Waals surface area contributed by atoms with Gasteiger partial charge in [0.25, 0.3) is 0 Å². The second kappa shape index (κ2) is 4.39. The van der Waals surface area contributed by atoms with Gasteiger partial charge in [-0.2, -0.15) is 5.10 Å². The van der Waals surface area contributed by atoms with Gasteiger partial charge in [0.2, 0.25) is 5.91 Å². The highest BCUT2D eigenvalue weighted by molar-refractivity contribution is 5.81. The van der Waals surface area contributed by atoms with Crippen LogP contribution in [-0.2, 0) is 17.3 Å². The third kappa shape index (κ3) is 2.72. The fourth-order valence-electron chi connectivity index (χ4n) is 2.11. The number of hydrogen-bond donors (Lipinski definition) is 2. The van der Waals surface area contributed by atoms with Gasteiger partial charge in [0.1, 0.15) is 6.04 Å². The van der Waals surface area contributed by atoms with Gasteiger partial charge in [-0.3, -0.25) is 14.8 Å². The molecule has 1 aromatic heterocycles. The Kier molecular flexibility index (Phi) is 3.19. The number of amides is 1. The first-order valence-corrected chi connectivity index (χ1v) is 6.38. The molecular weight excluding hydrogens is 228 g/mol. The molecule has 1 fully saturated rings. The van der Waals surface area contributed by atoms with Crippen LogP contribution in [0.5, 0.6) is 0 Å². The molecular formula is C13H22N4O. The molecule has 0 aliphatic heterocycles. The van der Waals surface area contributed by atoms with Gasteiger partial charge in [0, 0.05) is 30.3 Å². The number of primary amides is 1. The van der Waals surface area contributed by atoms with Gasteiger partial charge in [-0.05, 0) is 12.8 Å². The van der Waals surface area contributed by atoms with Crippen LogP contribution < -0.4 is 11.1 Å². The van der Waals surface area contributed by atoms with Crippen LogP contribution >= 0.6 is 0 Å². The van der Waals surface area contributed by atoms with E-state index in [9.17, 15) is 4.79 Å². The summed E-state index contributed by atoms with van der Waals surface area (Å²) in [7, 11) is 1.87. The normalized spacial score (nSPS) is 17.8. The molecule has 1 aliphatic carbocycles. The summed E-state index contributed by atoms with van der Waals surface area (Å²) in [6.07, 6.45) is 4.13. The molecule has 1 heterocycles. The average Bonchev–Trinajstić information content (AvgIpc) is 2.95. The van der Waals surface area contributed by atoms with Crippen molar-refractivity contribution in [3.05, 3.63) is 17.5 Å². The van der Waals surface area contributed by atoms with Crippen molar-refractivity contribution in [3.8, 4) is 0 Å². The summed E-state index contributed by atoms with van der Waals surface area (Å²) in [5, 5.41) is 7.79. The summed E-state index contributed by atoms with van der Waals surface area (Å²) in [4.78, 5) is 11.7. The highest BCUT2D eigenvalue weighted by Crippen LogP contribution is 2.30. The fraction of sp³-hybridized carbons (Fsp3) is 0.692. The van der Waals surface area contributed by atoms with Crippen LogP contribution in [0.1, 0.15) is 50.9 Å². The standard InChI is InChI=1S/C13H22N4O/c1-13(2,3)11-9(7-17(4)16-11)10(12(14)18)15-8-5-6-8/h7-8,10,15H,5-6H2,1-4H3,(H2,14,18). The minimum atomic E-state index is -0.430. The summed E-state index contributed by atoms with van der Waals surface area (Å²) in [5.41, 5.74) is 7.27. The Balaban J connectivity index is 2.36. The van der Waals surface area contributed by atoms with Crippen LogP contribution in [0, 0.1) is 0 Å². The maximum atomic E-state index is 11.7. The summed E-state index contributed by atoms with van der Waals surface area (Å²) in [6, 6.07) is -0.00375. The van der Waals surface area contributed by atoms with E-state index >= 15 is 0 Å². The predicted molar refractivity (Wildman–Crippen MR) is 70.0 cm³/mol. The molecule has 5 heteroatoms. The minimum Gasteiger partial charge on any atom is -0.368 e. The Morgan fingerprint density at radius 1 is 1.56 bits per heavy atom. The van der Waals surface area contributed by atoms with Gasteiger partial charge in [0.15, 0.2) is 0 Å². The predicted octanol–water partition coefficient (Wildman–Crippen LogP) is 0.996. The lowest BCUT2D eigenvalue weighted by atomic mass is 9.87. The number of aryl methyl sites for hydroxylation is 1. The molecule has 100 valence electrons. The molecule has 2 rings (SSSR count). The Morgan fingerprint density at radius 3 is 2.61 bits per heavy atom. The lowest BCUT2D eigenvalue weighted by molar-refractivity contribution is -0.120. The first-order chi connectivity index (χ1) is 8.29. The van der Waals surface area contributed by atoms with Crippen molar-refractivity contribution in [2.45, 2.75) is 51.1 Å². The van der Waals surface area contributed by atoms with E-state index in [2.05, 4.69) is 31.2 Å². The van der Waals surface area contributed by atoms with Crippen LogP contribution in [0.3, 0.4) is 0 Å². The van der Waals surface area contributed by atoms with Crippen LogP contribution in [0.2, 0.25) is 0 Å². The lowest BCUT2D eigenvalue weighted by Gasteiger charge is -2.21. The first-order valence-electron chi connectivity index (χ1n) is 6.38. The molecule has 5 nitrogen and oxygen atoms in total. The fourth-order valence-corrected chi connectivity index (χ4v) is 2.11. The molecule has 1 aromatic rings. The van der Waals surface area contributed by atoms with Crippen molar-refractivity contribution in [2.24, 2.45) is 12.8 Å². The first kappa shape index (κ1) is 13.1. The molecule has 0 bridgehead atoms. The average molecular weight is 250 g/mol. The molecule has 3 N–H and O–H groups in total. The molecule has 0 saturated heterocycles. The maximum Gasteiger partial charge on any atom is 0.239 e. The van der Waals surface area contributed by atoms with E-state index in [0.717, 1.165) is 24.1 Å². The van der Waals surface area contributed by atoms with Gasteiger partial charge in [-0.1, -0.05) is 20.8 Å². The minimum absolute atomic E-state index is 0.102. The largest absolute Gasteiger partial charge is 0.368 e. The van der Waals surface area contributed by atoms with Crippen molar-refractivity contribution in [2.75, 3.05) is 0 Å². The van der Waals surface area contributed by atoms with E-state index in [1.807, 2.05) is 13.2 Å². The zero-order chi connectivity index (χ0) is 13.5. The topological polar surface area (TPSA) is 72.9 Å². The Morgan fingerprint density at radius 2 is 2.17 bits per heavy atom. The number of hydrogen-bond acceptors (Lipinski definition) is 3. The highest BCUT2D eigenvalue weighted by Gasteiger charge is 2.33. The van der Waals surface area contributed by atoms with Gasteiger partial charge < -0.3 is 5.73 Å². The quantitative estimate of drug-likeness (QED) is 0.837. The van der Waals surface area contributed by atoms with E-state index in [1.165, 1.54) is 0 Å².